The van der Waals surface area contributed by atoms with Crippen molar-refractivity contribution in [1.29, 1.82) is 0 Å². The molecule has 0 saturated heterocycles. The first-order valence-electron chi connectivity index (χ1n) is 7.61. The average molecular weight is 512 g/mol. The largest absolute Gasteiger partial charge is 0.683 e. The fourth-order valence-electron chi connectivity index (χ4n) is 2.17. The third kappa shape index (κ3) is 5.26. The molecule has 7 heteroatoms. The summed E-state index contributed by atoms with van der Waals surface area (Å²) in [4.78, 5) is 4.16. The number of nitrogens with zero attached hydrogens (tertiary/aromatic N) is 6. The van der Waals surface area contributed by atoms with Crippen molar-refractivity contribution in [2.75, 3.05) is 0 Å². The van der Waals surface area contributed by atoms with Crippen molar-refractivity contribution >= 4 is 0 Å². The number of allylic oxidation sites excluding steroid dienone is 2. The molecule has 1 atom stereocenters. The molecular formula is C18H17N6Pt-3. The van der Waals surface area contributed by atoms with Crippen molar-refractivity contribution < 1.29 is 21.1 Å². The van der Waals surface area contributed by atoms with Crippen LogP contribution in [0.1, 0.15) is 23.1 Å². The average Bonchev–Trinajstić information content (AvgIpc) is 3.26. The quantitative estimate of drug-likeness (QED) is 0.527. The molecule has 25 heavy (non-hydrogen) atoms. The Morgan fingerprint density at radius 1 is 0.960 bits per heavy atom. The summed E-state index contributed by atoms with van der Waals surface area (Å²) in [6, 6.07) is 9.68. The molecule has 132 valence electrons. The van der Waals surface area contributed by atoms with E-state index in [2.05, 4.69) is 30.7 Å². The van der Waals surface area contributed by atoms with E-state index in [9.17, 15) is 0 Å². The Labute approximate surface area is 161 Å². The summed E-state index contributed by atoms with van der Waals surface area (Å²) in [7, 11) is 0. The third-order valence-corrected chi connectivity index (χ3v) is 3.31. The van der Waals surface area contributed by atoms with Crippen LogP contribution in [0, 0.1) is 13.8 Å². The van der Waals surface area contributed by atoms with Gasteiger partial charge in [0.25, 0.3) is 0 Å². The van der Waals surface area contributed by atoms with E-state index in [1.54, 1.807) is 12.4 Å². The summed E-state index contributed by atoms with van der Waals surface area (Å²) in [5.74, 6) is 0. The van der Waals surface area contributed by atoms with Crippen molar-refractivity contribution in [2.45, 2.75) is 19.9 Å². The van der Waals surface area contributed by atoms with Gasteiger partial charge in [0.05, 0.1) is 0 Å². The molecule has 0 fully saturated rings. The first-order chi connectivity index (χ1) is 11.7. The second-order valence-corrected chi connectivity index (χ2v) is 5.32. The number of hydrogen-bond donors (Lipinski definition) is 0. The van der Waals surface area contributed by atoms with Gasteiger partial charge in [-0.05, 0) is 26.0 Å². The van der Waals surface area contributed by atoms with Gasteiger partial charge in [-0.1, -0.05) is 48.2 Å². The molecule has 1 aliphatic heterocycles. The topological polar surface area (TPSA) is 81.0 Å². The number of rotatable bonds is 2. The molecule has 0 N–H and O–H groups in total. The van der Waals surface area contributed by atoms with Crippen LogP contribution in [0.25, 0.3) is 16.7 Å². The molecule has 4 heterocycles. The molecule has 4 rings (SSSR count). The van der Waals surface area contributed by atoms with Crippen molar-refractivity contribution in [3.63, 3.8) is 0 Å². The molecule has 0 aromatic carbocycles. The molecule has 1 aliphatic rings. The van der Waals surface area contributed by atoms with E-state index < -0.39 is 0 Å². The maximum Gasteiger partial charge on any atom is 0.0494 e. The van der Waals surface area contributed by atoms with E-state index >= 15 is 0 Å². The van der Waals surface area contributed by atoms with E-state index in [0.29, 0.717) is 0 Å². The van der Waals surface area contributed by atoms with Gasteiger partial charge in [-0.25, -0.2) is 0 Å². The van der Waals surface area contributed by atoms with Crippen LogP contribution in [0.5, 0.6) is 0 Å². The number of aromatic nitrogens is 5. The summed E-state index contributed by atoms with van der Waals surface area (Å²) in [5, 5.41) is 20.1. The predicted molar refractivity (Wildman–Crippen MR) is 92.2 cm³/mol. The molecule has 1 unspecified atom stereocenters. The molecule has 0 amide bonds. The second kappa shape index (κ2) is 9.13. The third-order valence-electron chi connectivity index (χ3n) is 3.31. The van der Waals surface area contributed by atoms with Gasteiger partial charge in [0.15, 0.2) is 0 Å². The maximum atomic E-state index is 4.24. The summed E-state index contributed by atoms with van der Waals surface area (Å²) in [5.41, 5.74) is 4.51. The number of aryl methyl sites for hydroxylation is 2. The van der Waals surface area contributed by atoms with Gasteiger partial charge in [0, 0.05) is 44.3 Å². The first kappa shape index (κ1) is 18.9. The van der Waals surface area contributed by atoms with Crippen molar-refractivity contribution in [2.24, 2.45) is 0 Å². The number of pyridine rings is 1. The van der Waals surface area contributed by atoms with Crippen LogP contribution < -0.4 is 10.2 Å². The fraction of sp³-hybridized carbons (Fsp3) is 0.167. The van der Waals surface area contributed by atoms with Crippen LogP contribution in [0.15, 0.2) is 61.0 Å². The predicted octanol–water partition coefficient (Wildman–Crippen LogP) is 3.25. The molecular weight excluding hydrogens is 495 g/mol. The zero-order valence-electron chi connectivity index (χ0n) is 13.9. The minimum atomic E-state index is 0. The Balaban J connectivity index is 0.000000173. The molecule has 0 aliphatic carbocycles. The van der Waals surface area contributed by atoms with Gasteiger partial charge in [0.2, 0.25) is 0 Å². The Kier molecular flexibility index (Phi) is 6.89. The van der Waals surface area contributed by atoms with Crippen LogP contribution in [-0.2, 0) is 21.1 Å². The Hall–Kier alpha value is -2.46. The van der Waals surface area contributed by atoms with Crippen molar-refractivity contribution in [3.05, 3.63) is 83.4 Å². The molecule has 0 saturated carbocycles. The van der Waals surface area contributed by atoms with Crippen LogP contribution in [0.4, 0.5) is 0 Å². The SMILES string of the molecule is Cc1cc(-c2ccccn2)[n-]n1.Cc1cc(C2C=CC=C[N-]2)[n-]n1.[Pt]. The molecule has 0 bridgehead atoms. The molecule has 3 aromatic heterocycles. The van der Waals surface area contributed by atoms with Gasteiger partial charge in [-0.15, -0.1) is 0 Å². The van der Waals surface area contributed by atoms with Gasteiger partial charge in [-0.2, -0.15) is 11.9 Å². The van der Waals surface area contributed by atoms with Crippen LogP contribution in [0.3, 0.4) is 0 Å². The van der Waals surface area contributed by atoms with Crippen LogP contribution >= 0.6 is 0 Å². The van der Waals surface area contributed by atoms with Crippen LogP contribution in [-0.4, -0.2) is 15.2 Å². The normalized spacial score (nSPS) is 14.9. The second-order valence-electron chi connectivity index (χ2n) is 5.32. The Bertz CT molecular complexity index is 834. The summed E-state index contributed by atoms with van der Waals surface area (Å²) in [6.45, 7) is 3.85. The van der Waals surface area contributed by atoms with Gasteiger partial charge < -0.3 is 25.7 Å². The van der Waals surface area contributed by atoms with E-state index in [1.807, 2.05) is 62.4 Å². The molecule has 0 radical (unpaired) electrons. The van der Waals surface area contributed by atoms with E-state index in [4.69, 9.17) is 0 Å². The maximum absolute atomic E-state index is 4.24. The first-order valence-corrected chi connectivity index (χ1v) is 7.61. The summed E-state index contributed by atoms with van der Waals surface area (Å²) in [6.07, 6.45) is 9.42. The summed E-state index contributed by atoms with van der Waals surface area (Å²) < 4.78 is 0. The minimum Gasteiger partial charge on any atom is -0.683 e. The smallest absolute Gasteiger partial charge is 0.0494 e. The standard InChI is InChI=1S/C9H9N3.C9H8N3.Pt/c2*1-7-6-9(12-11-7)8-4-2-3-5-10-8;/h2-6,8H,1H3;2-6H,1H3;/q-2;-1;. The monoisotopic (exact) mass is 512 g/mol. The van der Waals surface area contributed by atoms with E-state index in [0.717, 1.165) is 28.5 Å². The van der Waals surface area contributed by atoms with E-state index in [-0.39, 0.29) is 27.1 Å². The Morgan fingerprint density at radius 2 is 1.76 bits per heavy atom. The Morgan fingerprint density at radius 3 is 2.32 bits per heavy atom. The zero-order chi connectivity index (χ0) is 16.8. The van der Waals surface area contributed by atoms with Gasteiger partial charge >= 0.3 is 0 Å². The minimum absolute atomic E-state index is 0. The summed E-state index contributed by atoms with van der Waals surface area (Å²) >= 11 is 0. The molecule has 6 nitrogen and oxygen atoms in total. The van der Waals surface area contributed by atoms with Crippen molar-refractivity contribution in [3.8, 4) is 11.4 Å². The van der Waals surface area contributed by atoms with Gasteiger partial charge in [0.1, 0.15) is 0 Å². The van der Waals surface area contributed by atoms with Gasteiger partial charge in [-0.3, -0.25) is 4.98 Å². The van der Waals surface area contributed by atoms with Crippen molar-refractivity contribution in [1.82, 2.24) is 25.4 Å². The zero-order valence-corrected chi connectivity index (χ0v) is 16.1. The fourth-order valence-corrected chi connectivity index (χ4v) is 2.17. The van der Waals surface area contributed by atoms with Crippen LogP contribution in [0.2, 0.25) is 0 Å². The molecule has 0 spiro atoms. The number of hydrogen-bond acceptors (Lipinski definition) is 3. The molecule has 3 aromatic rings. The van der Waals surface area contributed by atoms with E-state index in [1.165, 1.54) is 0 Å².